The molecule has 1 saturated heterocycles. The maximum absolute atomic E-state index is 3.56. The summed E-state index contributed by atoms with van der Waals surface area (Å²) in [7, 11) is 2.23. The molecule has 3 heteroatoms. The van der Waals surface area contributed by atoms with Crippen molar-refractivity contribution in [1.82, 2.24) is 10.2 Å². The van der Waals surface area contributed by atoms with Gasteiger partial charge in [-0.3, -0.25) is 0 Å². The van der Waals surface area contributed by atoms with E-state index in [0.29, 0.717) is 12.1 Å². The Bertz CT molecular complexity index is 382. The molecule has 1 aromatic carbocycles. The van der Waals surface area contributed by atoms with Crippen LogP contribution in [0.15, 0.2) is 22.7 Å². The van der Waals surface area contributed by atoms with E-state index in [1.165, 1.54) is 15.6 Å². The van der Waals surface area contributed by atoms with Crippen molar-refractivity contribution < 1.29 is 0 Å². The van der Waals surface area contributed by atoms with Gasteiger partial charge in [0.25, 0.3) is 0 Å². The van der Waals surface area contributed by atoms with E-state index >= 15 is 0 Å². The van der Waals surface area contributed by atoms with Crippen molar-refractivity contribution in [2.75, 3.05) is 20.1 Å². The third kappa shape index (κ3) is 3.09. The fourth-order valence-electron chi connectivity index (χ4n) is 2.56. The minimum Gasteiger partial charge on any atom is -0.311 e. The first-order valence-electron chi connectivity index (χ1n) is 6.26. The molecule has 1 aromatic rings. The number of benzene rings is 1. The van der Waals surface area contributed by atoms with Gasteiger partial charge >= 0.3 is 0 Å². The second kappa shape index (κ2) is 5.51. The molecule has 1 aliphatic rings. The molecule has 1 fully saturated rings. The topological polar surface area (TPSA) is 15.3 Å². The van der Waals surface area contributed by atoms with Gasteiger partial charge in [-0.1, -0.05) is 28.1 Å². The largest absolute Gasteiger partial charge is 0.311 e. The SMILES string of the molecule is Cc1cc(CC2C(C)NCCN2C)ccc1Br. The third-order valence-electron chi connectivity index (χ3n) is 3.74. The summed E-state index contributed by atoms with van der Waals surface area (Å²) in [5.74, 6) is 0. The molecule has 2 atom stereocenters. The van der Waals surface area contributed by atoms with E-state index in [9.17, 15) is 0 Å². The predicted octanol–water partition coefficient (Wildman–Crippen LogP) is 2.59. The number of hydrogen-bond donors (Lipinski definition) is 1. The van der Waals surface area contributed by atoms with E-state index in [4.69, 9.17) is 0 Å². The van der Waals surface area contributed by atoms with Gasteiger partial charge in [-0.25, -0.2) is 0 Å². The molecule has 0 amide bonds. The molecular formula is C14H21BrN2. The summed E-state index contributed by atoms with van der Waals surface area (Å²) < 4.78 is 1.20. The van der Waals surface area contributed by atoms with E-state index in [-0.39, 0.29) is 0 Å². The molecule has 0 spiro atoms. The summed E-state index contributed by atoms with van der Waals surface area (Å²) in [4.78, 5) is 2.47. The van der Waals surface area contributed by atoms with Crippen molar-refractivity contribution >= 4 is 15.9 Å². The number of likely N-dealkylation sites (N-methyl/N-ethyl adjacent to an activating group) is 1. The Morgan fingerprint density at radius 1 is 1.47 bits per heavy atom. The average molecular weight is 297 g/mol. The van der Waals surface area contributed by atoms with Crippen molar-refractivity contribution in [2.45, 2.75) is 32.4 Å². The van der Waals surface area contributed by atoms with Crippen LogP contribution >= 0.6 is 15.9 Å². The van der Waals surface area contributed by atoms with Gasteiger partial charge < -0.3 is 10.2 Å². The molecule has 0 aromatic heterocycles. The van der Waals surface area contributed by atoms with E-state index in [0.717, 1.165) is 19.5 Å². The van der Waals surface area contributed by atoms with Crippen LogP contribution in [0.2, 0.25) is 0 Å². The summed E-state index contributed by atoms with van der Waals surface area (Å²) in [6.07, 6.45) is 1.12. The molecule has 17 heavy (non-hydrogen) atoms. The van der Waals surface area contributed by atoms with Crippen LogP contribution in [0.5, 0.6) is 0 Å². The van der Waals surface area contributed by atoms with Crippen molar-refractivity contribution in [1.29, 1.82) is 0 Å². The first-order valence-corrected chi connectivity index (χ1v) is 7.06. The van der Waals surface area contributed by atoms with Gasteiger partial charge in [-0.15, -0.1) is 0 Å². The second-order valence-electron chi connectivity index (χ2n) is 5.08. The van der Waals surface area contributed by atoms with E-state index in [1.54, 1.807) is 0 Å². The van der Waals surface area contributed by atoms with Gasteiger partial charge in [0, 0.05) is 29.6 Å². The molecule has 0 saturated carbocycles. The summed E-state index contributed by atoms with van der Waals surface area (Å²) in [5, 5.41) is 3.56. The van der Waals surface area contributed by atoms with Crippen LogP contribution in [0.1, 0.15) is 18.1 Å². The van der Waals surface area contributed by atoms with Crippen LogP contribution in [-0.4, -0.2) is 37.1 Å². The average Bonchev–Trinajstić information content (AvgIpc) is 2.28. The van der Waals surface area contributed by atoms with E-state index < -0.39 is 0 Å². The maximum Gasteiger partial charge on any atom is 0.0284 e. The fourth-order valence-corrected chi connectivity index (χ4v) is 2.81. The van der Waals surface area contributed by atoms with Crippen molar-refractivity contribution in [3.8, 4) is 0 Å². The molecule has 2 nitrogen and oxygen atoms in total. The minimum absolute atomic E-state index is 0.567. The van der Waals surface area contributed by atoms with Crippen LogP contribution < -0.4 is 5.32 Å². The van der Waals surface area contributed by atoms with Crippen LogP contribution in [0.4, 0.5) is 0 Å². The van der Waals surface area contributed by atoms with Crippen LogP contribution in [-0.2, 0) is 6.42 Å². The lowest BCUT2D eigenvalue weighted by molar-refractivity contribution is 0.157. The number of aryl methyl sites for hydroxylation is 1. The zero-order valence-corrected chi connectivity index (χ0v) is 12.4. The molecular weight excluding hydrogens is 276 g/mol. The summed E-state index contributed by atoms with van der Waals surface area (Å²) in [6, 6.07) is 7.85. The van der Waals surface area contributed by atoms with Crippen molar-refractivity contribution in [3.63, 3.8) is 0 Å². The summed E-state index contributed by atoms with van der Waals surface area (Å²) in [6.45, 7) is 6.68. The van der Waals surface area contributed by atoms with Crippen LogP contribution in [0.25, 0.3) is 0 Å². The van der Waals surface area contributed by atoms with Gasteiger partial charge in [0.05, 0.1) is 0 Å². The summed E-state index contributed by atoms with van der Waals surface area (Å²) >= 11 is 3.56. The standard InChI is InChI=1S/C14H21BrN2/c1-10-8-12(4-5-13(10)15)9-14-11(2)16-6-7-17(14)3/h4-5,8,11,14,16H,6-7,9H2,1-3H3. The zero-order valence-electron chi connectivity index (χ0n) is 10.8. The molecule has 2 unspecified atom stereocenters. The Kier molecular flexibility index (Phi) is 4.23. The number of rotatable bonds is 2. The lowest BCUT2D eigenvalue weighted by atomic mass is 9.96. The first kappa shape index (κ1) is 13.1. The Balaban J connectivity index is 2.10. The van der Waals surface area contributed by atoms with Gasteiger partial charge in [-0.05, 0) is 44.5 Å². The lowest BCUT2D eigenvalue weighted by Crippen LogP contribution is -2.55. The Morgan fingerprint density at radius 2 is 2.24 bits per heavy atom. The molecule has 1 N–H and O–H groups in total. The molecule has 94 valence electrons. The number of nitrogens with one attached hydrogen (secondary N) is 1. The monoisotopic (exact) mass is 296 g/mol. The molecule has 0 bridgehead atoms. The van der Waals surface area contributed by atoms with Gasteiger partial charge in [0.1, 0.15) is 0 Å². The normalized spacial score (nSPS) is 26.1. The lowest BCUT2D eigenvalue weighted by Gasteiger charge is -2.38. The number of nitrogens with zero attached hydrogens (tertiary/aromatic N) is 1. The van der Waals surface area contributed by atoms with Gasteiger partial charge in [0.15, 0.2) is 0 Å². The van der Waals surface area contributed by atoms with E-state index in [1.807, 2.05) is 0 Å². The van der Waals surface area contributed by atoms with Crippen LogP contribution in [0, 0.1) is 6.92 Å². The molecule has 1 heterocycles. The second-order valence-corrected chi connectivity index (χ2v) is 5.93. The van der Waals surface area contributed by atoms with E-state index in [2.05, 4.69) is 65.2 Å². The third-order valence-corrected chi connectivity index (χ3v) is 4.63. The summed E-state index contributed by atoms with van der Waals surface area (Å²) in [5.41, 5.74) is 2.75. The smallest absolute Gasteiger partial charge is 0.0284 e. The van der Waals surface area contributed by atoms with Crippen molar-refractivity contribution in [3.05, 3.63) is 33.8 Å². The highest BCUT2D eigenvalue weighted by Gasteiger charge is 2.25. The first-order chi connectivity index (χ1) is 8.08. The number of hydrogen-bond acceptors (Lipinski definition) is 2. The predicted molar refractivity (Wildman–Crippen MR) is 76.5 cm³/mol. The molecule has 0 aliphatic carbocycles. The zero-order chi connectivity index (χ0) is 12.4. The minimum atomic E-state index is 0.567. The van der Waals surface area contributed by atoms with Crippen molar-refractivity contribution in [2.24, 2.45) is 0 Å². The number of piperazine rings is 1. The number of halogens is 1. The maximum atomic E-state index is 3.56. The Hall–Kier alpha value is -0.380. The Labute approximate surface area is 113 Å². The fraction of sp³-hybridized carbons (Fsp3) is 0.571. The molecule has 1 aliphatic heterocycles. The highest BCUT2D eigenvalue weighted by molar-refractivity contribution is 9.10. The molecule has 0 radical (unpaired) electrons. The van der Waals surface area contributed by atoms with Gasteiger partial charge in [0.2, 0.25) is 0 Å². The Morgan fingerprint density at radius 3 is 2.88 bits per heavy atom. The quantitative estimate of drug-likeness (QED) is 0.902. The highest BCUT2D eigenvalue weighted by Crippen LogP contribution is 2.20. The highest BCUT2D eigenvalue weighted by atomic mass is 79.9. The van der Waals surface area contributed by atoms with Crippen LogP contribution in [0.3, 0.4) is 0 Å². The van der Waals surface area contributed by atoms with Gasteiger partial charge in [-0.2, -0.15) is 0 Å². The molecule has 2 rings (SSSR count).